The summed E-state index contributed by atoms with van der Waals surface area (Å²) >= 11 is 1.91. The first-order valence-corrected chi connectivity index (χ1v) is 12.8. The highest BCUT2D eigenvalue weighted by atomic mass is 127. The molecule has 8 nitrogen and oxygen atoms in total. The Morgan fingerprint density at radius 1 is 0.949 bits per heavy atom. The molecule has 1 aliphatic heterocycles. The number of ether oxygens (including phenoxy) is 1. The lowest BCUT2D eigenvalue weighted by molar-refractivity contribution is -0.170. The van der Waals surface area contributed by atoms with E-state index in [9.17, 15) is 27.6 Å². The zero-order chi connectivity index (χ0) is 28.3. The number of benzene rings is 3. The number of anilines is 4. The number of nitrogens with one attached hydrogen (secondary N) is 3. The number of hydrogen-bond donors (Lipinski definition) is 3. The average Bonchev–Trinajstić information content (AvgIpc) is 2.84. The number of hydrogen-bond acceptors (Lipinski definition) is 6. The van der Waals surface area contributed by atoms with E-state index in [1.807, 2.05) is 22.6 Å². The molecule has 204 valence electrons. The van der Waals surface area contributed by atoms with Crippen LogP contribution < -0.4 is 16.0 Å². The summed E-state index contributed by atoms with van der Waals surface area (Å²) in [6.45, 7) is 2.78. The van der Waals surface area contributed by atoms with Crippen molar-refractivity contribution in [2.45, 2.75) is 19.4 Å². The van der Waals surface area contributed by atoms with Gasteiger partial charge in [0.05, 0.1) is 36.6 Å². The highest BCUT2D eigenvalue weighted by Crippen LogP contribution is 2.33. The minimum atomic E-state index is -1.32. The van der Waals surface area contributed by atoms with Crippen molar-refractivity contribution in [3.05, 3.63) is 81.2 Å². The summed E-state index contributed by atoms with van der Waals surface area (Å²) < 4.78 is 49.4. The highest BCUT2D eigenvalue weighted by molar-refractivity contribution is 14.1. The fourth-order valence-corrected chi connectivity index (χ4v) is 4.65. The number of likely N-dealkylation sites (tertiary alicyclic amines) is 1. The molecule has 0 unspecified atom stereocenters. The zero-order valence-corrected chi connectivity index (χ0v) is 23.1. The standard InChI is InChI=1S/C27H24F3IN4O4/c1-15(36)33-19-6-4-18(5-7-19)32-12-27(39-16(2)37)13-35(14-27)26(38)20-8-9-21(28)24(30)25(20)34-23-10-3-17(31)11-22(23)29/h3-11,32,34H,12-14H2,1-2H3,(H,33,36). The van der Waals surface area contributed by atoms with E-state index in [4.69, 9.17) is 4.74 Å². The summed E-state index contributed by atoms with van der Waals surface area (Å²) in [5.41, 5.74) is -0.587. The zero-order valence-electron chi connectivity index (χ0n) is 20.9. The molecule has 3 aromatic carbocycles. The number of nitrogens with zero attached hydrogens (tertiary/aromatic N) is 1. The number of esters is 1. The molecule has 0 spiro atoms. The van der Waals surface area contributed by atoms with Crippen LogP contribution in [0, 0.1) is 21.0 Å². The summed E-state index contributed by atoms with van der Waals surface area (Å²) in [5.74, 6) is -4.62. The monoisotopic (exact) mass is 652 g/mol. The van der Waals surface area contributed by atoms with Gasteiger partial charge < -0.3 is 25.6 Å². The fourth-order valence-electron chi connectivity index (χ4n) is 4.20. The Morgan fingerprint density at radius 3 is 2.23 bits per heavy atom. The molecule has 1 fully saturated rings. The van der Waals surface area contributed by atoms with Crippen molar-refractivity contribution in [2.24, 2.45) is 0 Å². The first-order valence-electron chi connectivity index (χ1n) is 11.8. The maximum atomic E-state index is 14.8. The van der Waals surface area contributed by atoms with Crippen LogP contribution in [0.5, 0.6) is 0 Å². The van der Waals surface area contributed by atoms with Crippen LogP contribution in [0.3, 0.4) is 0 Å². The minimum Gasteiger partial charge on any atom is -0.454 e. The molecule has 0 radical (unpaired) electrons. The number of halogens is 4. The Hall–Kier alpha value is -3.81. The third-order valence-corrected chi connectivity index (χ3v) is 6.61. The summed E-state index contributed by atoms with van der Waals surface area (Å²) in [7, 11) is 0. The maximum Gasteiger partial charge on any atom is 0.303 e. The molecule has 0 aliphatic carbocycles. The van der Waals surface area contributed by atoms with E-state index in [1.54, 1.807) is 30.3 Å². The van der Waals surface area contributed by atoms with Gasteiger partial charge in [-0.1, -0.05) is 0 Å². The number of rotatable bonds is 8. The second-order valence-electron chi connectivity index (χ2n) is 9.08. The van der Waals surface area contributed by atoms with Crippen LogP contribution in [0.25, 0.3) is 0 Å². The normalized spacial score (nSPS) is 13.7. The summed E-state index contributed by atoms with van der Waals surface area (Å²) in [5, 5.41) is 8.33. The van der Waals surface area contributed by atoms with E-state index in [-0.39, 0.29) is 36.8 Å². The molecule has 39 heavy (non-hydrogen) atoms. The Balaban J connectivity index is 1.50. The number of carbonyl (C=O) groups is 3. The first kappa shape index (κ1) is 28.2. The van der Waals surface area contributed by atoms with E-state index < -0.39 is 40.6 Å². The molecular formula is C27H24F3IN4O4. The van der Waals surface area contributed by atoms with E-state index >= 15 is 0 Å². The second kappa shape index (κ2) is 11.5. The molecule has 3 aromatic rings. The van der Waals surface area contributed by atoms with Gasteiger partial charge in [-0.15, -0.1) is 0 Å². The maximum absolute atomic E-state index is 14.8. The predicted molar refractivity (Wildman–Crippen MR) is 148 cm³/mol. The molecular weight excluding hydrogens is 628 g/mol. The van der Waals surface area contributed by atoms with Gasteiger partial charge in [0.15, 0.2) is 17.2 Å². The lowest BCUT2D eigenvalue weighted by Crippen LogP contribution is -2.68. The highest BCUT2D eigenvalue weighted by Gasteiger charge is 2.48. The average molecular weight is 652 g/mol. The Morgan fingerprint density at radius 2 is 1.62 bits per heavy atom. The molecule has 1 saturated heterocycles. The third kappa shape index (κ3) is 6.61. The molecule has 1 aliphatic rings. The molecule has 0 aromatic heterocycles. The van der Waals surface area contributed by atoms with E-state index in [2.05, 4.69) is 16.0 Å². The van der Waals surface area contributed by atoms with Crippen molar-refractivity contribution in [3.63, 3.8) is 0 Å². The summed E-state index contributed by atoms with van der Waals surface area (Å²) in [6.07, 6.45) is 0. The van der Waals surface area contributed by atoms with Crippen LogP contribution in [-0.4, -0.2) is 47.9 Å². The van der Waals surface area contributed by atoms with Crippen LogP contribution in [0.15, 0.2) is 54.6 Å². The Labute approximate surface area is 236 Å². The topological polar surface area (TPSA) is 99.8 Å². The molecule has 2 amide bonds. The van der Waals surface area contributed by atoms with Gasteiger partial charge in [-0.2, -0.15) is 0 Å². The number of carbonyl (C=O) groups excluding carboxylic acids is 3. The number of amides is 2. The van der Waals surface area contributed by atoms with Crippen LogP contribution in [0.2, 0.25) is 0 Å². The fraction of sp³-hybridized carbons (Fsp3) is 0.222. The molecule has 0 bridgehead atoms. The van der Waals surface area contributed by atoms with Gasteiger partial charge in [-0.3, -0.25) is 14.4 Å². The van der Waals surface area contributed by atoms with E-state index in [0.717, 1.165) is 12.1 Å². The van der Waals surface area contributed by atoms with Gasteiger partial charge in [-0.25, -0.2) is 13.2 Å². The summed E-state index contributed by atoms with van der Waals surface area (Å²) in [6, 6.07) is 13.0. The SMILES string of the molecule is CC(=O)Nc1ccc(NCC2(OC(C)=O)CN(C(=O)c3ccc(F)c(F)c3Nc3ccc(I)cc3F)C2)cc1. The van der Waals surface area contributed by atoms with Crippen LogP contribution >= 0.6 is 22.6 Å². The molecule has 4 rings (SSSR count). The van der Waals surface area contributed by atoms with Crippen molar-refractivity contribution in [2.75, 3.05) is 35.6 Å². The quantitative estimate of drug-likeness (QED) is 0.226. The van der Waals surface area contributed by atoms with Crippen LogP contribution in [-0.2, 0) is 14.3 Å². The predicted octanol–water partition coefficient (Wildman–Crippen LogP) is 5.28. The second-order valence-corrected chi connectivity index (χ2v) is 10.3. The third-order valence-electron chi connectivity index (χ3n) is 5.94. The van der Waals surface area contributed by atoms with Crippen molar-refractivity contribution in [1.29, 1.82) is 0 Å². The lowest BCUT2D eigenvalue weighted by atomic mass is 9.92. The van der Waals surface area contributed by atoms with Crippen molar-refractivity contribution >= 4 is 63.1 Å². The van der Waals surface area contributed by atoms with Crippen molar-refractivity contribution < 1.29 is 32.3 Å². The van der Waals surface area contributed by atoms with E-state index in [1.165, 1.54) is 30.9 Å². The molecule has 1 heterocycles. The largest absolute Gasteiger partial charge is 0.454 e. The Bertz CT molecular complexity index is 1430. The van der Waals surface area contributed by atoms with Gasteiger partial charge in [0.25, 0.3) is 5.91 Å². The van der Waals surface area contributed by atoms with Gasteiger partial charge >= 0.3 is 5.97 Å². The van der Waals surface area contributed by atoms with Crippen LogP contribution in [0.4, 0.5) is 35.9 Å². The Kier molecular flexibility index (Phi) is 8.33. The van der Waals surface area contributed by atoms with Gasteiger partial charge in [0, 0.05) is 28.8 Å². The van der Waals surface area contributed by atoms with Crippen LogP contribution in [0.1, 0.15) is 24.2 Å². The van der Waals surface area contributed by atoms with E-state index in [0.29, 0.717) is 14.9 Å². The molecule has 3 N–H and O–H groups in total. The van der Waals surface area contributed by atoms with Crippen molar-refractivity contribution in [1.82, 2.24) is 4.90 Å². The molecule has 12 heteroatoms. The smallest absolute Gasteiger partial charge is 0.303 e. The molecule has 0 atom stereocenters. The van der Waals surface area contributed by atoms with Gasteiger partial charge in [-0.05, 0) is 77.2 Å². The molecule has 0 saturated carbocycles. The first-order chi connectivity index (χ1) is 18.5. The summed E-state index contributed by atoms with van der Waals surface area (Å²) in [4.78, 5) is 37.7. The van der Waals surface area contributed by atoms with Crippen molar-refractivity contribution in [3.8, 4) is 0 Å². The lowest BCUT2D eigenvalue weighted by Gasteiger charge is -2.49. The van der Waals surface area contributed by atoms with Gasteiger partial charge in [0.2, 0.25) is 5.91 Å². The van der Waals surface area contributed by atoms with Gasteiger partial charge in [0.1, 0.15) is 5.82 Å². The minimum absolute atomic E-state index is 0.0152.